The van der Waals surface area contributed by atoms with E-state index in [0.717, 1.165) is 94.4 Å². The van der Waals surface area contributed by atoms with Crippen molar-refractivity contribution in [2.45, 2.75) is 128 Å². The first kappa shape index (κ1) is 40.9. The van der Waals surface area contributed by atoms with Crippen molar-refractivity contribution >= 4 is 23.1 Å². The minimum absolute atomic E-state index is 0.00537. The molecule has 5 aliphatic heterocycles. The van der Waals surface area contributed by atoms with Crippen molar-refractivity contribution in [2.24, 2.45) is 32.7 Å². The summed E-state index contributed by atoms with van der Waals surface area (Å²) in [7, 11) is 0. The number of hydrogen-bond donors (Lipinski definition) is 2. The topological polar surface area (TPSA) is 95.6 Å². The number of aliphatic hydroxyl groups excluding tert-OH is 1. The summed E-state index contributed by atoms with van der Waals surface area (Å²) in [5.41, 5.74) is 19.0. The molecule has 0 amide bonds. The van der Waals surface area contributed by atoms with Gasteiger partial charge in [-0.2, -0.15) is 0 Å². The fraction of sp³-hybridized carbons (Fsp3) is 0.469. The van der Waals surface area contributed by atoms with Crippen LogP contribution in [0.5, 0.6) is 0 Å². The van der Waals surface area contributed by atoms with Crippen LogP contribution in [-0.4, -0.2) is 34.8 Å². The third-order valence-electron chi connectivity index (χ3n) is 12.1. The monoisotopic (exact) mass is 754 g/mol. The molecule has 0 aromatic carbocycles. The van der Waals surface area contributed by atoms with E-state index in [1.54, 1.807) is 0 Å². The lowest BCUT2D eigenvalue weighted by atomic mass is 9.86. The maximum absolute atomic E-state index is 13.2. The van der Waals surface area contributed by atoms with E-state index < -0.39 is 0 Å². The molecule has 2 atom stereocenters. The lowest BCUT2D eigenvalue weighted by Gasteiger charge is -2.17. The number of aliphatic hydroxyl groups is 1. The summed E-state index contributed by atoms with van der Waals surface area (Å²) in [6.45, 7) is 24.1. The second-order valence-corrected chi connectivity index (χ2v) is 16.9. The van der Waals surface area contributed by atoms with Crippen molar-refractivity contribution < 1.29 is 14.6 Å². The van der Waals surface area contributed by atoms with Gasteiger partial charge in [0.15, 0.2) is 0 Å². The lowest BCUT2D eigenvalue weighted by Crippen LogP contribution is -2.16. The Morgan fingerprint density at radius 3 is 2.27 bits per heavy atom. The predicted octanol–water partition coefficient (Wildman–Crippen LogP) is 12.1. The Bertz CT molecular complexity index is 2150. The molecule has 0 radical (unpaired) electrons. The van der Waals surface area contributed by atoms with E-state index in [1.165, 1.54) is 39.0 Å². The molecule has 5 heterocycles. The predicted molar refractivity (Wildman–Crippen MR) is 232 cm³/mol. The Morgan fingerprint density at radius 2 is 1.57 bits per heavy atom. The van der Waals surface area contributed by atoms with E-state index >= 15 is 0 Å². The number of rotatable bonds is 13. The molecule has 1 aliphatic carbocycles. The number of nitrogens with one attached hydrogen (secondary N) is 1. The molecule has 0 saturated carbocycles. The number of hydrogen-bond acceptors (Lipinski definition) is 7. The number of aliphatic imine (C=N–C) groups is 3. The molecule has 56 heavy (non-hydrogen) atoms. The molecule has 0 spiro atoms. The van der Waals surface area contributed by atoms with E-state index in [-0.39, 0.29) is 30.3 Å². The van der Waals surface area contributed by atoms with Crippen molar-refractivity contribution in [1.29, 1.82) is 0 Å². The van der Waals surface area contributed by atoms with Gasteiger partial charge in [-0.25, -0.2) is 15.0 Å². The van der Waals surface area contributed by atoms with Crippen LogP contribution < -0.4 is 5.32 Å². The largest absolute Gasteiger partial charge is 0.511 e. The van der Waals surface area contributed by atoms with Crippen LogP contribution in [0.25, 0.3) is 0 Å². The SMILES string of the molecule is CCC1=C(C)C2=NC1=CC1=C(C)C3=C(O)CC(=C4NC(=CC5=NC(=C2)C(C(C)C)=C5C)[C@@H](C)[C@@H]4CCC(=O)OC/C=C(\C)CC/C=C(/C)CCC=C(C)C)C3=N1. The third-order valence-corrected chi connectivity index (χ3v) is 12.1. The van der Waals surface area contributed by atoms with E-state index in [0.29, 0.717) is 25.0 Å². The summed E-state index contributed by atoms with van der Waals surface area (Å²) in [5.74, 6) is 0.508. The second-order valence-electron chi connectivity index (χ2n) is 16.9. The molecule has 0 unspecified atom stereocenters. The first-order valence-corrected chi connectivity index (χ1v) is 20.8. The minimum atomic E-state index is -0.198. The molecule has 8 bridgehead atoms. The Hall–Kier alpha value is -4.78. The zero-order valence-electron chi connectivity index (χ0n) is 35.7. The number of ether oxygens (including phenoxy) is 1. The molecule has 0 aromatic heterocycles. The Morgan fingerprint density at radius 1 is 0.893 bits per heavy atom. The van der Waals surface area contributed by atoms with Crippen molar-refractivity contribution in [1.82, 2.24) is 5.32 Å². The zero-order chi connectivity index (χ0) is 40.4. The molecule has 6 aliphatic rings. The van der Waals surface area contributed by atoms with E-state index in [2.05, 4.69) is 105 Å². The van der Waals surface area contributed by atoms with Gasteiger partial charge in [-0.05, 0) is 145 Å². The van der Waals surface area contributed by atoms with Crippen LogP contribution in [0.15, 0.2) is 141 Å². The molecule has 296 valence electrons. The van der Waals surface area contributed by atoms with E-state index in [1.807, 2.05) is 13.0 Å². The van der Waals surface area contributed by atoms with E-state index in [4.69, 9.17) is 19.7 Å². The standard InChI is InChI=1S/C49H62N4O3/c1-12-35-31(8)38-26-43-46(28(4)5)33(10)40(51-43)24-39-32(9)36(19-20-45(55)56-22-21-30(7)18-14-17-29(6)16-13-15-27(2)3)48(52-39)37-23-44(54)47-34(11)41(53-49(37)47)25-42(35)50-38/h15,17,21,24-26,28,32,36,52,54H,12-14,16,18-20,22-23H2,1-11H3/b29-17-,30-21+,39-24?,42-25?,43-26?,48-37?/t32-,36-/m0/s1. The van der Waals surface area contributed by atoms with E-state index in [9.17, 15) is 9.90 Å². The summed E-state index contributed by atoms with van der Waals surface area (Å²) >= 11 is 0. The van der Waals surface area contributed by atoms with Crippen molar-refractivity contribution in [2.75, 3.05) is 6.61 Å². The maximum atomic E-state index is 13.2. The Labute approximate surface area is 335 Å². The van der Waals surface area contributed by atoms with Gasteiger partial charge in [0, 0.05) is 47.2 Å². The Kier molecular flexibility index (Phi) is 12.5. The number of carbonyl (C=O) groups is 1. The quantitative estimate of drug-likeness (QED) is 0.145. The highest BCUT2D eigenvalue weighted by molar-refractivity contribution is 6.21. The molecule has 2 N–H and O–H groups in total. The van der Waals surface area contributed by atoms with Crippen LogP contribution in [0, 0.1) is 17.8 Å². The molecular weight excluding hydrogens is 693 g/mol. The minimum Gasteiger partial charge on any atom is -0.511 e. The smallest absolute Gasteiger partial charge is 0.306 e. The molecule has 7 nitrogen and oxygen atoms in total. The number of carbonyl (C=O) groups excluding carboxylic acids is 1. The molecule has 1 saturated heterocycles. The van der Waals surface area contributed by atoms with Crippen molar-refractivity contribution in [3.8, 4) is 0 Å². The third kappa shape index (κ3) is 8.47. The van der Waals surface area contributed by atoms with Gasteiger partial charge in [0.1, 0.15) is 12.4 Å². The molecular formula is C49H62N4O3. The normalized spacial score (nSPS) is 22.2. The first-order chi connectivity index (χ1) is 26.7. The van der Waals surface area contributed by atoms with Gasteiger partial charge in [-0.15, -0.1) is 0 Å². The molecule has 6 rings (SSSR count). The Balaban J connectivity index is 1.26. The maximum Gasteiger partial charge on any atom is 0.306 e. The summed E-state index contributed by atoms with van der Waals surface area (Å²) in [4.78, 5) is 28.8. The van der Waals surface area contributed by atoms with Crippen LogP contribution in [0.1, 0.15) is 128 Å². The molecule has 1 fully saturated rings. The van der Waals surface area contributed by atoms with Gasteiger partial charge in [0.2, 0.25) is 0 Å². The summed E-state index contributed by atoms with van der Waals surface area (Å²) in [6.07, 6.45) is 19.4. The summed E-state index contributed by atoms with van der Waals surface area (Å²) in [6, 6.07) is 0. The summed E-state index contributed by atoms with van der Waals surface area (Å²) in [5, 5.41) is 15.2. The van der Waals surface area contributed by atoms with Gasteiger partial charge >= 0.3 is 5.97 Å². The average molecular weight is 755 g/mol. The highest BCUT2D eigenvalue weighted by Gasteiger charge is 2.41. The number of nitrogens with zero attached hydrogens (tertiary/aromatic N) is 3. The first-order valence-electron chi connectivity index (χ1n) is 20.8. The van der Waals surface area contributed by atoms with Gasteiger partial charge in [-0.1, -0.05) is 56.6 Å². The number of fused-ring (bicyclic) bond motifs is 5. The van der Waals surface area contributed by atoms with Crippen molar-refractivity contribution in [3.05, 3.63) is 126 Å². The second kappa shape index (κ2) is 17.2. The van der Waals surface area contributed by atoms with Gasteiger partial charge < -0.3 is 15.2 Å². The van der Waals surface area contributed by atoms with Gasteiger partial charge in [-0.3, -0.25) is 4.79 Å². The zero-order valence-corrected chi connectivity index (χ0v) is 35.7. The lowest BCUT2D eigenvalue weighted by molar-refractivity contribution is -0.142. The summed E-state index contributed by atoms with van der Waals surface area (Å²) < 4.78 is 5.76. The van der Waals surface area contributed by atoms with Crippen LogP contribution in [0.2, 0.25) is 0 Å². The molecule has 7 heteroatoms. The number of allylic oxidation sites excluding steroid dienone is 17. The van der Waals surface area contributed by atoms with Crippen LogP contribution in [-0.2, 0) is 9.53 Å². The fourth-order valence-corrected chi connectivity index (χ4v) is 8.81. The van der Waals surface area contributed by atoms with Gasteiger partial charge in [0.05, 0.1) is 34.2 Å². The van der Waals surface area contributed by atoms with Gasteiger partial charge in [0.25, 0.3) is 0 Å². The van der Waals surface area contributed by atoms with Crippen LogP contribution in [0.4, 0.5) is 0 Å². The molecule has 0 aromatic rings. The highest BCUT2D eigenvalue weighted by Crippen LogP contribution is 2.46. The average Bonchev–Trinajstić information content (AvgIpc) is 3.89. The van der Waals surface area contributed by atoms with Crippen LogP contribution >= 0.6 is 0 Å². The number of esters is 1. The highest BCUT2D eigenvalue weighted by atomic mass is 16.5. The fourth-order valence-electron chi connectivity index (χ4n) is 8.81. The van der Waals surface area contributed by atoms with Crippen LogP contribution in [0.3, 0.4) is 0 Å². The van der Waals surface area contributed by atoms with Crippen molar-refractivity contribution in [3.63, 3.8) is 0 Å².